The maximum Gasteiger partial charge on any atom is 0.303 e. The highest BCUT2D eigenvalue weighted by Gasteiger charge is 2.30. The zero-order valence-electron chi connectivity index (χ0n) is 10.3. The molecule has 0 aliphatic heterocycles. The molecule has 19 heavy (non-hydrogen) atoms. The molecule has 1 aromatic carbocycles. The Labute approximate surface area is 126 Å². The minimum atomic E-state index is -4.05. The van der Waals surface area contributed by atoms with E-state index >= 15 is 0 Å². The number of carbonyl (C=O) groups excluding carboxylic acids is 1. The van der Waals surface area contributed by atoms with Crippen molar-refractivity contribution in [2.75, 3.05) is 0 Å². The molecule has 0 N–H and O–H groups in total. The standard InChI is InChI=1S/C11H11Cl3O4S/c1-6(15)18-11(2,3)8-4-7(12)5-9(10(8)13)19(14,16)17/h4-5H,1-3H3. The molecule has 0 heterocycles. The van der Waals surface area contributed by atoms with Gasteiger partial charge in [0.2, 0.25) is 0 Å². The van der Waals surface area contributed by atoms with Gasteiger partial charge in [0.1, 0.15) is 10.5 Å². The summed E-state index contributed by atoms with van der Waals surface area (Å²) in [5, 5.41) is 0.00417. The summed E-state index contributed by atoms with van der Waals surface area (Å²) in [5.41, 5.74) is -0.875. The van der Waals surface area contributed by atoms with Crippen LogP contribution in [0, 0.1) is 0 Å². The molecule has 0 unspecified atom stereocenters. The van der Waals surface area contributed by atoms with E-state index in [0.29, 0.717) is 0 Å². The zero-order valence-corrected chi connectivity index (χ0v) is 13.4. The van der Waals surface area contributed by atoms with Crippen LogP contribution in [0.1, 0.15) is 26.3 Å². The number of rotatable bonds is 3. The highest BCUT2D eigenvalue weighted by molar-refractivity contribution is 8.13. The molecule has 1 aromatic rings. The Hall–Kier alpha value is -0.490. The Morgan fingerprint density at radius 3 is 2.21 bits per heavy atom. The second kappa shape index (κ2) is 5.48. The van der Waals surface area contributed by atoms with Gasteiger partial charge in [-0.05, 0) is 26.0 Å². The molecule has 0 atom stereocenters. The Balaban J connectivity index is 3.54. The third-order valence-electron chi connectivity index (χ3n) is 2.31. The summed E-state index contributed by atoms with van der Waals surface area (Å²) in [7, 11) is 1.23. The van der Waals surface area contributed by atoms with Gasteiger partial charge in [0.15, 0.2) is 0 Å². The average molecular weight is 346 g/mol. The van der Waals surface area contributed by atoms with E-state index < -0.39 is 20.6 Å². The van der Waals surface area contributed by atoms with Crippen LogP contribution in [0.2, 0.25) is 10.0 Å². The second-order valence-electron chi connectivity index (χ2n) is 4.31. The minimum Gasteiger partial charge on any atom is -0.455 e. The van der Waals surface area contributed by atoms with Crippen molar-refractivity contribution in [3.8, 4) is 0 Å². The lowest BCUT2D eigenvalue weighted by molar-refractivity contribution is -0.154. The van der Waals surface area contributed by atoms with Crippen molar-refractivity contribution >= 4 is 48.9 Å². The topological polar surface area (TPSA) is 60.4 Å². The number of carbonyl (C=O) groups is 1. The van der Waals surface area contributed by atoms with Crippen molar-refractivity contribution in [2.24, 2.45) is 0 Å². The van der Waals surface area contributed by atoms with Gasteiger partial charge >= 0.3 is 5.97 Å². The molecule has 4 nitrogen and oxygen atoms in total. The van der Waals surface area contributed by atoms with E-state index in [1.165, 1.54) is 13.0 Å². The number of halogens is 3. The van der Waals surface area contributed by atoms with E-state index in [1.807, 2.05) is 0 Å². The van der Waals surface area contributed by atoms with Gasteiger partial charge in [0.25, 0.3) is 9.05 Å². The molecule has 0 aliphatic carbocycles. The molecule has 1 rings (SSSR count). The smallest absolute Gasteiger partial charge is 0.303 e. The van der Waals surface area contributed by atoms with Crippen LogP contribution in [-0.2, 0) is 24.2 Å². The van der Waals surface area contributed by atoms with Crippen LogP contribution < -0.4 is 0 Å². The van der Waals surface area contributed by atoms with Crippen LogP contribution in [0.4, 0.5) is 0 Å². The van der Waals surface area contributed by atoms with E-state index in [4.69, 9.17) is 38.6 Å². The number of hydrogen-bond acceptors (Lipinski definition) is 4. The van der Waals surface area contributed by atoms with Gasteiger partial charge in [-0.25, -0.2) is 8.42 Å². The summed E-state index contributed by atoms with van der Waals surface area (Å²) in [5.74, 6) is -0.531. The summed E-state index contributed by atoms with van der Waals surface area (Å²) >= 11 is 11.9. The van der Waals surface area contributed by atoms with Crippen LogP contribution in [0.3, 0.4) is 0 Å². The van der Waals surface area contributed by atoms with Gasteiger partial charge < -0.3 is 4.74 Å². The predicted molar refractivity (Wildman–Crippen MR) is 74.3 cm³/mol. The Morgan fingerprint density at radius 1 is 1.26 bits per heavy atom. The quantitative estimate of drug-likeness (QED) is 0.619. The van der Waals surface area contributed by atoms with E-state index in [9.17, 15) is 13.2 Å². The van der Waals surface area contributed by atoms with E-state index in [2.05, 4.69) is 0 Å². The Kier molecular flexibility index (Phi) is 4.78. The third-order valence-corrected chi connectivity index (χ3v) is 4.40. The lowest BCUT2D eigenvalue weighted by atomic mass is 9.98. The summed E-state index contributed by atoms with van der Waals surface area (Å²) in [6.45, 7) is 4.37. The first kappa shape index (κ1) is 16.6. The van der Waals surface area contributed by atoms with Crippen molar-refractivity contribution in [3.05, 3.63) is 27.7 Å². The largest absolute Gasteiger partial charge is 0.455 e. The van der Waals surface area contributed by atoms with Gasteiger partial charge in [0, 0.05) is 28.2 Å². The maximum absolute atomic E-state index is 11.4. The van der Waals surface area contributed by atoms with E-state index in [-0.39, 0.29) is 20.5 Å². The van der Waals surface area contributed by atoms with Crippen LogP contribution in [0.25, 0.3) is 0 Å². The SMILES string of the molecule is CC(=O)OC(C)(C)c1cc(Cl)cc(S(=O)(=O)Cl)c1Cl. The molecule has 8 heteroatoms. The Morgan fingerprint density at radius 2 is 1.79 bits per heavy atom. The van der Waals surface area contributed by atoms with Gasteiger partial charge in [-0.2, -0.15) is 0 Å². The number of ether oxygens (including phenoxy) is 1. The molecule has 0 aromatic heterocycles. The minimum absolute atomic E-state index is 0.120. The van der Waals surface area contributed by atoms with E-state index in [0.717, 1.165) is 6.07 Å². The maximum atomic E-state index is 11.4. The Bertz CT molecular complexity index is 623. The first-order valence-corrected chi connectivity index (χ1v) is 8.15. The molecule has 0 aliphatic rings. The first-order chi connectivity index (χ1) is 8.45. The molecule has 0 saturated heterocycles. The first-order valence-electron chi connectivity index (χ1n) is 5.09. The molecule has 0 bridgehead atoms. The van der Waals surface area contributed by atoms with Crippen molar-refractivity contribution in [2.45, 2.75) is 31.3 Å². The highest BCUT2D eigenvalue weighted by atomic mass is 35.7. The van der Waals surface area contributed by atoms with Crippen molar-refractivity contribution in [1.29, 1.82) is 0 Å². The second-order valence-corrected chi connectivity index (χ2v) is 7.66. The van der Waals surface area contributed by atoms with Crippen molar-refractivity contribution in [3.63, 3.8) is 0 Å². The van der Waals surface area contributed by atoms with Gasteiger partial charge in [-0.3, -0.25) is 4.79 Å². The van der Waals surface area contributed by atoms with Gasteiger partial charge in [-0.1, -0.05) is 23.2 Å². The molecular formula is C11H11Cl3O4S. The van der Waals surface area contributed by atoms with Gasteiger partial charge in [0.05, 0.1) is 5.02 Å². The lowest BCUT2D eigenvalue weighted by Gasteiger charge is -2.26. The molecule has 0 saturated carbocycles. The van der Waals surface area contributed by atoms with Crippen LogP contribution in [-0.4, -0.2) is 14.4 Å². The van der Waals surface area contributed by atoms with Crippen molar-refractivity contribution in [1.82, 2.24) is 0 Å². The lowest BCUT2D eigenvalue weighted by Crippen LogP contribution is -2.25. The molecular weight excluding hydrogens is 335 g/mol. The average Bonchev–Trinajstić information content (AvgIpc) is 2.17. The number of esters is 1. The fourth-order valence-corrected chi connectivity index (χ4v) is 3.59. The molecule has 0 spiro atoms. The highest BCUT2D eigenvalue weighted by Crippen LogP contribution is 2.38. The van der Waals surface area contributed by atoms with Crippen LogP contribution in [0.5, 0.6) is 0 Å². The monoisotopic (exact) mass is 344 g/mol. The summed E-state index contributed by atoms with van der Waals surface area (Å²) in [6.07, 6.45) is 0. The summed E-state index contributed by atoms with van der Waals surface area (Å²) < 4.78 is 28.0. The third kappa shape index (κ3) is 3.99. The fourth-order valence-electron chi connectivity index (χ4n) is 1.59. The predicted octanol–water partition coefficient (Wildman–Crippen LogP) is 3.72. The molecule has 0 radical (unpaired) electrons. The van der Waals surface area contributed by atoms with Crippen LogP contribution >= 0.6 is 33.9 Å². The zero-order chi connectivity index (χ0) is 15.0. The molecule has 0 fully saturated rings. The summed E-state index contributed by atoms with van der Waals surface area (Å²) in [6, 6.07) is 2.57. The normalized spacial score (nSPS) is 12.3. The number of hydrogen-bond donors (Lipinski definition) is 0. The fraction of sp³-hybridized carbons (Fsp3) is 0.364. The van der Waals surface area contributed by atoms with Gasteiger partial charge in [-0.15, -0.1) is 0 Å². The van der Waals surface area contributed by atoms with Crippen molar-refractivity contribution < 1.29 is 17.9 Å². The van der Waals surface area contributed by atoms with Crippen LogP contribution in [0.15, 0.2) is 17.0 Å². The number of benzene rings is 1. The molecule has 0 amide bonds. The van der Waals surface area contributed by atoms with E-state index in [1.54, 1.807) is 13.8 Å². The molecule has 106 valence electrons. The summed E-state index contributed by atoms with van der Waals surface area (Å²) in [4.78, 5) is 10.7.